The van der Waals surface area contributed by atoms with Gasteiger partial charge >= 0.3 is 5.97 Å². The molecule has 0 bridgehead atoms. The molecule has 28 nitrogen and oxygen atoms in total. The summed E-state index contributed by atoms with van der Waals surface area (Å²) < 4.78 is 52.5. The summed E-state index contributed by atoms with van der Waals surface area (Å²) in [4.78, 5) is 37.8. The van der Waals surface area contributed by atoms with Crippen molar-refractivity contribution in [3.05, 3.63) is 0 Å². The molecule has 0 aromatic heterocycles. The second-order valence-corrected chi connectivity index (χ2v) is 16.7. The molecule has 5 aliphatic rings. The number of rotatable bonds is 16. The Labute approximate surface area is 370 Å². The average Bonchev–Trinajstić information content (AvgIpc) is 3.24. The van der Waals surface area contributed by atoms with Crippen LogP contribution >= 0.6 is 0 Å². The standard InChI is InChI=1S/C37H62N2O26/c1-10-5-16(64-37(36(55)56)6-14(45)19(38-12(3)43)29(65-37)22(48)15(46)7-40)24(50)34(57-10)61-28-18(9-42)60-33(63-31-23(49)17(8-41)59-32(54)27(31)53)20(39-13(4)44)30(28)62-35-26(52)25(51)21(47)11(2)58-35/h10-11,14-35,40-42,45-54H,5-9H2,1-4H3,(H,38,43)(H,39,44)(H,55,56)/t10-,11+,14+,15-,16+,17-,18-,19-,20+,21-,22-,23+,24-,25-,26+,27-,28-,29-,30-,31+,32-,33+,34+,35+,37-/m1/s1. The van der Waals surface area contributed by atoms with Crippen molar-refractivity contribution in [1.29, 1.82) is 0 Å². The monoisotopic (exact) mass is 950 g/mol. The quantitative estimate of drug-likeness (QED) is 0.0683. The summed E-state index contributed by atoms with van der Waals surface area (Å²) in [7, 11) is 0. The van der Waals surface area contributed by atoms with Crippen LogP contribution in [0.2, 0.25) is 0 Å². The van der Waals surface area contributed by atoms with E-state index in [9.17, 15) is 85.9 Å². The zero-order valence-electron chi connectivity index (χ0n) is 35.6. The van der Waals surface area contributed by atoms with Crippen molar-refractivity contribution in [2.24, 2.45) is 0 Å². The molecule has 0 radical (unpaired) electrons. The number of carboxylic acids is 1. The maximum absolute atomic E-state index is 13.0. The number of hydrogen-bond acceptors (Lipinski definition) is 25. The summed E-state index contributed by atoms with van der Waals surface area (Å²) in [6.07, 6.45) is -40.8. The number of aliphatic hydroxyl groups is 13. The summed E-state index contributed by atoms with van der Waals surface area (Å²) in [6, 6.07) is -3.26. The van der Waals surface area contributed by atoms with Crippen LogP contribution in [0.25, 0.3) is 0 Å². The van der Waals surface area contributed by atoms with Gasteiger partial charge in [0.05, 0.1) is 50.3 Å². The van der Waals surface area contributed by atoms with Crippen LogP contribution in [0.1, 0.15) is 40.5 Å². The predicted molar refractivity (Wildman–Crippen MR) is 203 cm³/mol. The molecule has 0 aliphatic carbocycles. The van der Waals surface area contributed by atoms with Crippen LogP contribution in [-0.2, 0) is 57.0 Å². The Balaban J connectivity index is 1.50. The molecule has 0 spiro atoms. The molecule has 16 N–H and O–H groups in total. The van der Waals surface area contributed by atoms with E-state index in [4.69, 9.17) is 42.6 Å². The fourth-order valence-corrected chi connectivity index (χ4v) is 8.43. The van der Waals surface area contributed by atoms with Crippen molar-refractivity contribution < 1.29 is 129 Å². The zero-order chi connectivity index (χ0) is 48.4. The van der Waals surface area contributed by atoms with E-state index in [1.807, 2.05) is 0 Å². The van der Waals surface area contributed by atoms with E-state index in [0.29, 0.717) is 0 Å². The maximum atomic E-state index is 13.0. The molecule has 0 saturated carbocycles. The lowest BCUT2D eigenvalue weighted by Gasteiger charge is -2.51. The average molecular weight is 951 g/mol. The number of ether oxygens (including phenoxy) is 9. The Kier molecular flexibility index (Phi) is 18.4. The highest BCUT2D eigenvalue weighted by atomic mass is 16.8. The van der Waals surface area contributed by atoms with E-state index in [2.05, 4.69) is 10.6 Å². The minimum atomic E-state index is -2.94. The fourth-order valence-electron chi connectivity index (χ4n) is 8.43. The third-order valence-corrected chi connectivity index (χ3v) is 11.8. The molecular weight excluding hydrogens is 888 g/mol. The summed E-state index contributed by atoms with van der Waals surface area (Å²) in [6.45, 7) is 1.91. The van der Waals surface area contributed by atoms with Gasteiger partial charge in [-0.15, -0.1) is 0 Å². The van der Waals surface area contributed by atoms with Crippen LogP contribution in [0.15, 0.2) is 0 Å². The van der Waals surface area contributed by atoms with Crippen molar-refractivity contribution >= 4 is 17.8 Å². The van der Waals surface area contributed by atoms with Crippen molar-refractivity contribution in [2.45, 2.75) is 193 Å². The Morgan fingerprint density at radius 1 is 0.677 bits per heavy atom. The Morgan fingerprint density at radius 3 is 1.85 bits per heavy atom. The van der Waals surface area contributed by atoms with Gasteiger partial charge in [-0.3, -0.25) is 9.59 Å². The molecule has 5 aliphatic heterocycles. The van der Waals surface area contributed by atoms with Crippen LogP contribution in [-0.4, -0.2) is 262 Å². The predicted octanol–water partition coefficient (Wildman–Crippen LogP) is -9.35. The van der Waals surface area contributed by atoms with Crippen molar-refractivity contribution in [3.63, 3.8) is 0 Å². The van der Waals surface area contributed by atoms with E-state index in [1.165, 1.54) is 13.8 Å². The van der Waals surface area contributed by atoms with Crippen molar-refractivity contribution in [2.75, 3.05) is 19.8 Å². The Morgan fingerprint density at radius 2 is 1.26 bits per heavy atom. The fraction of sp³-hybridized carbons (Fsp3) is 0.919. The van der Waals surface area contributed by atoms with Gasteiger partial charge in [0.2, 0.25) is 11.8 Å². The van der Waals surface area contributed by atoms with Crippen molar-refractivity contribution in [3.8, 4) is 0 Å². The van der Waals surface area contributed by atoms with Gasteiger partial charge < -0.3 is 125 Å². The highest BCUT2D eigenvalue weighted by molar-refractivity contribution is 5.76. The summed E-state index contributed by atoms with van der Waals surface area (Å²) in [5.74, 6) is -6.41. The molecule has 376 valence electrons. The third-order valence-electron chi connectivity index (χ3n) is 11.8. The smallest absolute Gasteiger partial charge is 0.364 e. The number of carbonyl (C=O) groups excluding carboxylic acids is 2. The molecule has 0 aromatic rings. The van der Waals surface area contributed by atoms with Crippen LogP contribution in [0.3, 0.4) is 0 Å². The number of amides is 2. The van der Waals surface area contributed by atoms with E-state index >= 15 is 0 Å². The molecule has 0 unspecified atom stereocenters. The lowest BCUT2D eigenvalue weighted by Crippen LogP contribution is -2.71. The third kappa shape index (κ3) is 11.7. The van der Waals surface area contributed by atoms with Gasteiger partial charge in [-0.25, -0.2) is 4.79 Å². The summed E-state index contributed by atoms with van der Waals surface area (Å²) >= 11 is 0. The van der Waals surface area contributed by atoms with E-state index in [0.717, 1.165) is 13.8 Å². The van der Waals surface area contributed by atoms with Gasteiger partial charge in [-0.1, -0.05) is 0 Å². The molecule has 0 aromatic carbocycles. The molecule has 5 heterocycles. The molecule has 65 heavy (non-hydrogen) atoms. The van der Waals surface area contributed by atoms with Gasteiger partial charge in [0, 0.05) is 26.7 Å². The van der Waals surface area contributed by atoms with E-state index in [-0.39, 0.29) is 6.42 Å². The number of carboxylic acid groups (broad SMARTS) is 1. The van der Waals surface area contributed by atoms with Gasteiger partial charge in [0.25, 0.3) is 5.79 Å². The number of nitrogens with one attached hydrogen (secondary N) is 2. The van der Waals surface area contributed by atoms with Gasteiger partial charge in [0.15, 0.2) is 25.2 Å². The van der Waals surface area contributed by atoms with Gasteiger partial charge in [-0.2, -0.15) is 0 Å². The number of carbonyl (C=O) groups is 3. The zero-order valence-corrected chi connectivity index (χ0v) is 35.6. The molecule has 5 rings (SSSR count). The van der Waals surface area contributed by atoms with E-state index in [1.54, 1.807) is 0 Å². The topological polar surface area (TPSA) is 442 Å². The van der Waals surface area contributed by atoms with E-state index < -0.39 is 197 Å². The summed E-state index contributed by atoms with van der Waals surface area (Å²) in [5.41, 5.74) is 0. The highest BCUT2D eigenvalue weighted by Gasteiger charge is 2.60. The van der Waals surface area contributed by atoms with Gasteiger partial charge in [0.1, 0.15) is 91.5 Å². The molecule has 25 atom stereocenters. The molecule has 28 heteroatoms. The number of aliphatic carboxylic acids is 1. The SMILES string of the molecule is CC(=O)N[C@@H]1[C@H](O[C@@H]2[C@@H](O)[C@H](O)O[C@H](CO)[C@@H]2O)O[C@H](CO)[C@@H](O[C@@H]2O[C@H](C)C[C@H](O[C@]3(C(=O)O)C[C@H](O)[C@@H](NC(C)=O)[C@H]([C@H](O)[C@H](O)CO)O3)[C@H]2O)[C@@H]1O[C@@H]1O[C@@H](C)[C@@H](O)[C@@H](O)[C@@H]1O. The molecule has 5 saturated heterocycles. The highest BCUT2D eigenvalue weighted by Crippen LogP contribution is 2.39. The second kappa shape index (κ2) is 22.3. The maximum Gasteiger partial charge on any atom is 0.364 e. The first kappa shape index (κ1) is 53.5. The number of aliphatic hydroxyl groups excluding tert-OH is 13. The largest absolute Gasteiger partial charge is 0.477 e. The normalized spacial score (nSPS) is 47.0. The van der Waals surface area contributed by atoms with Crippen LogP contribution < -0.4 is 10.6 Å². The number of hydrogen-bond donors (Lipinski definition) is 16. The van der Waals surface area contributed by atoms with Crippen LogP contribution in [0, 0.1) is 0 Å². The van der Waals surface area contributed by atoms with Crippen LogP contribution in [0.4, 0.5) is 0 Å². The lowest BCUT2D eigenvalue weighted by atomic mass is 9.88. The van der Waals surface area contributed by atoms with Crippen molar-refractivity contribution in [1.82, 2.24) is 10.6 Å². The molecular formula is C37H62N2O26. The molecule has 2 amide bonds. The Hall–Kier alpha value is -2.47. The minimum Gasteiger partial charge on any atom is -0.477 e. The first-order valence-corrected chi connectivity index (χ1v) is 20.8. The first-order valence-electron chi connectivity index (χ1n) is 20.8. The van der Waals surface area contributed by atoms with Gasteiger partial charge in [-0.05, 0) is 13.8 Å². The second-order valence-electron chi connectivity index (χ2n) is 16.7. The Bertz CT molecular complexity index is 1590. The minimum absolute atomic E-state index is 0.317. The first-order chi connectivity index (χ1) is 30.5. The van der Waals surface area contributed by atoms with Crippen LogP contribution in [0.5, 0.6) is 0 Å². The lowest BCUT2D eigenvalue weighted by molar-refractivity contribution is -0.387. The molecule has 5 fully saturated rings. The summed E-state index contributed by atoms with van der Waals surface area (Å²) in [5, 5.41) is 153.